The van der Waals surface area contributed by atoms with Crippen molar-refractivity contribution in [3.63, 3.8) is 0 Å². The summed E-state index contributed by atoms with van der Waals surface area (Å²) >= 11 is 0. The van der Waals surface area contributed by atoms with E-state index in [0.717, 1.165) is 0 Å². The highest BCUT2D eigenvalue weighted by Gasteiger charge is 2.11. The molecule has 21 heavy (non-hydrogen) atoms. The van der Waals surface area contributed by atoms with Crippen molar-refractivity contribution in [2.24, 2.45) is 0 Å². The van der Waals surface area contributed by atoms with Crippen LogP contribution in [0.25, 0.3) is 0 Å². The number of hydrogen-bond donors (Lipinski definition) is 0. The highest BCUT2D eigenvalue weighted by molar-refractivity contribution is 5.73. The lowest BCUT2D eigenvalue weighted by Crippen LogP contribution is -2.10. The van der Waals surface area contributed by atoms with Gasteiger partial charge >= 0.3 is 5.97 Å². The van der Waals surface area contributed by atoms with Crippen LogP contribution in [0.1, 0.15) is 18.9 Å². The first-order valence-electron chi connectivity index (χ1n) is 6.86. The molecule has 0 fully saturated rings. The van der Waals surface area contributed by atoms with Crippen LogP contribution in [-0.4, -0.2) is 12.6 Å². The van der Waals surface area contributed by atoms with Crippen LogP contribution in [0.5, 0.6) is 11.5 Å². The van der Waals surface area contributed by atoms with E-state index in [1.807, 2.05) is 13.0 Å². The lowest BCUT2D eigenvalue weighted by atomic mass is 10.1. The zero-order chi connectivity index (χ0) is 15.1. The summed E-state index contributed by atoms with van der Waals surface area (Å²) in [5.74, 6) is 0.197. The fraction of sp³-hybridized carbons (Fsp3) is 0.235. The normalized spacial score (nSPS) is 10.2. The monoisotopic (exact) mass is 288 g/mol. The molecule has 0 unspecified atom stereocenters. The molecule has 0 N–H and O–H groups in total. The van der Waals surface area contributed by atoms with Gasteiger partial charge in [-0.2, -0.15) is 0 Å². The van der Waals surface area contributed by atoms with Crippen LogP contribution in [0.2, 0.25) is 0 Å². The largest absolute Gasteiger partial charge is 0.490 e. The Bertz CT molecular complexity index is 610. The number of halogens is 1. The van der Waals surface area contributed by atoms with E-state index in [2.05, 4.69) is 0 Å². The number of ether oxygens (including phenoxy) is 2. The maximum Gasteiger partial charge on any atom is 0.311 e. The molecule has 0 heterocycles. The van der Waals surface area contributed by atoms with Crippen molar-refractivity contribution in [2.45, 2.75) is 19.8 Å². The summed E-state index contributed by atoms with van der Waals surface area (Å²) in [6, 6.07) is 13.4. The Kier molecular flexibility index (Phi) is 5.32. The van der Waals surface area contributed by atoms with Crippen LogP contribution in [0.3, 0.4) is 0 Å². The van der Waals surface area contributed by atoms with Crippen molar-refractivity contribution in [1.82, 2.24) is 0 Å². The highest BCUT2D eigenvalue weighted by atomic mass is 19.1. The number of benzene rings is 2. The third-order valence-electron chi connectivity index (χ3n) is 2.93. The van der Waals surface area contributed by atoms with Crippen LogP contribution in [-0.2, 0) is 11.2 Å². The number of aryl methyl sites for hydroxylation is 1. The molecule has 0 aromatic heterocycles. The first-order chi connectivity index (χ1) is 10.2. The van der Waals surface area contributed by atoms with E-state index >= 15 is 0 Å². The fourth-order valence-corrected chi connectivity index (χ4v) is 1.92. The van der Waals surface area contributed by atoms with Crippen LogP contribution in [0.4, 0.5) is 4.39 Å². The Morgan fingerprint density at radius 3 is 2.43 bits per heavy atom. The molecule has 3 nitrogen and oxygen atoms in total. The summed E-state index contributed by atoms with van der Waals surface area (Å²) in [6.45, 7) is 2.35. The molecule has 0 saturated heterocycles. The van der Waals surface area contributed by atoms with Gasteiger partial charge in [0.05, 0.1) is 13.0 Å². The second-order valence-electron chi connectivity index (χ2n) is 4.45. The van der Waals surface area contributed by atoms with Crippen molar-refractivity contribution in [3.05, 3.63) is 59.9 Å². The molecule has 2 rings (SSSR count). The highest BCUT2D eigenvalue weighted by Crippen LogP contribution is 2.26. The number of rotatable bonds is 6. The molecular weight excluding hydrogens is 271 g/mol. The van der Waals surface area contributed by atoms with E-state index in [1.54, 1.807) is 36.4 Å². The summed E-state index contributed by atoms with van der Waals surface area (Å²) < 4.78 is 24.1. The molecule has 0 radical (unpaired) electrons. The Morgan fingerprint density at radius 2 is 1.71 bits per heavy atom. The summed E-state index contributed by atoms with van der Waals surface area (Å²) in [5, 5.41) is 0. The molecule has 110 valence electrons. The van der Waals surface area contributed by atoms with Gasteiger partial charge < -0.3 is 9.47 Å². The van der Waals surface area contributed by atoms with Crippen molar-refractivity contribution >= 4 is 5.97 Å². The molecule has 0 amide bonds. The maximum absolute atomic E-state index is 13.5. The Hall–Kier alpha value is -2.36. The number of carbonyl (C=O) groups is 1. The summed E-state index contributed by atoms with van der Waals surface area (Å²) in [6.07, 6.45) is 0.420. The second-order valence-corrected chi connectivity index (χ2v) is 4.45. The maximum atomic E-state index is 13.5. The first-order valence-corrected chi connectivity index (χ1v) is 6.86. The topological polar surface area (TPSA) is 35.5 Å². The van der Waals surface area contributed by atoms with E-state index in [0.29, 0.717) is 30.1 Å². The van der Waals surface area contributed by atoms with E-state index in [1.165, 1.54) is 6.07 Å². The van der Waals surface area contributed by atoms with E-state index in [-0.39, 0.29) is 12.2 Å². The minimum atomic E-state index is -0.412. The van der Waals surface area contributed by atoms with Crippen LogP contribution in [0, 0.1) is 5.82 Å². The number of hydrogen-bond acceptors (Lipinski definition) is 3. The number of carbonyl (C=O) groups excluding carboxylic acids is 1. The van der Waals surface area contributed by atoms with E-state index in [9.17, 15) is 9.18 Å². The quantitative estimate of drug-likeness (QED) is 0.599. The summed E-state index contributed by atoms with van der Waals surface area (Å²) in [5.41, 5.74) is 0.507. The molecule has 0 spiro atoms. The molecule has 2 aromatic carbocycles. The van der Waals surface area contributed by atoms with Crippen molar-refractivity contribution in [3.8, 4) is 11.5 Å². The number of para-hydroxylation sites is 2. The smallest absolute Gasteiger partial charge is 0.311 e. The average molecular weight is 288 g/mol. The average Bonchev–Trinajstić information content (AvgIpc) is 2.49. The third kappa shape index (κ3) is 4.31. The van der Waals surface area contributed by atoms with Crippen LogP contribution >= 0.6 is 0 Å². The Labute approximate surface area is 123 Å². The van der Waals surface area contributed by atoms with Gasteiger partial charge in [0.15, 0.2) is 11.5 Å². The number of esters is 1. The predicted octanol–water partition coefficient (Wildman–Crippen LogP) is 3.76. The van der Waals surface area contributed by atoms with E-state index in [4.69, 9.17) is 9.47 Å². The van der Waals surface area contributed by atoms with Gasteiger partial charge in [-0.15, -0.1) is 0 Å². The summed E-state index contributed by atoms with van der Waals surface area (Å²) in [7, 11) is 0. The van der Waals surface area contributed by atoms with Gasteiger partial charge in [0, 0.05) is 0 Å². The minimum Gasteiger partial charge on any atom is -0.490 e. The molecule has 0 bridgehead atoms. The second kappa shape index (κ2) is 7.43. The molecular formula is C17H17FO3. The summed E-state index contributed by atoms with van der Waals surface area (Å²) in [4.78, 5) is 11.9. The van der Waals surface area contributed by atoms with Gasteiger partial charge in [-0.25, -0.2) is 4.39 Å². The van der Waals surface area contributed by atoms with Crippen LogP contribution in [0.15, 0.2) is 48.5 Å². The Balaban J connectivity index is 1.95. The van der Waals surface area contributed by atoms with Gasteiger partial charge in [-0.1, -0.05) is 30.3 Å². The Morgan fingerprint density at radius 1 is 1.05 bits per heavy atom. The van der Waals surface area contributed by atoms with Gasteiger partial charge in [-0.3, -0.25) is 4.79 Å². The minimum absolute atomic E-state index is 0.112. The van der Waals surface area contributed by atoms with Gasteiger partial charge in [0.25, 0.3) is 0 Å². The predicted molar refractivity (Wildman–Crippen MR) is 78.0 cm³/mol. The lowest BCUT2D eigenvalue weighted by Gasteiger charge is -2.10. The zero-order valence-electron chi connectivity index (χ0n) is 11.8. The molecule has 4 heteroatoms. The third-order valence-corrected chi connectivity index (χ3v) is 2.93. The molecule has 0 saturated carbocycles. The van der Waals surface area contributed by atoms with Crippen LogP contribution < -0.4 is 9.47 Å². The zero-order valence-corrected chi connectivity index (χ0v) is 11.8. The molecule has 0 aliphatic rings. The molecule has 0 atom stereocenters. The molecule has 0 aliphatic heterocycles. The lowest BCUT2D eigenvalue weighted by molar-refractivity contribution is -0.134. The van der Waals surface area contributed by atoms with Crippen molar-refractivity contribution < 1.29 is 18.7 Å². The SMILES string of the molecule is CCOc1ccccc1OC(=O)CCc1ccccc1F. The van der Waals surface area contributed by atoms with Gasteiger partial charge in [0.1, 0.15) is 5.82 Å². The fourth-order valence-electron chi connectivity index (χ4n) is 1.92. The van der Waals surface area contributed by atoms with Gasteiger partial charge in [0.2, 0.25) is 0 Å². The first kappa shape index (κ1) is 15.0. The molecule has 2 aromatic rings. The van der Waals surface area contributed by atoms with Crippen molar-refractivity contribution in [1.29, 1.82) is 0 Å². The molecule has 0 aliphatic carbocycles. The van der Waals surface area contributed by atoms with Crippen molar-refractivity contribution in [2.75, 3.05) is 6.61 Å². The van der Waals surface area contributed by atoms with E-state index < -0.39 is 5.97 Å². The van der Waals surface area contributed by atoms with Gasteiger partial charge in [-0.05, 0) is 37.1 Å². The standard InChI is InChI=1S/C17H17FO3/c1-2-20-15-9-5-6-10-16(15)21-17(19)12-11-13-7-3-4-8-14(13)18/h3-10H,2,11-12H2,1H3.